The van der Waals surface area contributed by atoms with E-state index < -0.39 is 0 Å². The lowest BCUT2D eigenvalue weighted by atomic mass is 9.96. The summed E-state index contributed by atoms with van der Waals surface area (Å²) < 4.78 is 0. The van der Waals surface area contributed by atoms with Crippen molar-refractivity contribution in [2.45, 2.75) is 13.3 Å². The zero-order valence-electron chi connectivity index (χ0n) is 13.8. The Morgan fingerprint density at radius 3 is 1.71 bits per heavy atom. The van der Waals surface area contributed by atoms with Crippen LogP contribution >= 0.6 is 0 Å². The Morgan fingerprint density at radius 2 is 1.25 bits per heavy atom. The molecule has 0 aliphatic rings. The van der Waals surface area contributed by atoms with E-state index in [0.717, 1.165) is 28.7 Å². The van der Waals surface area contributed by atoms with Gasteiger partial charge in [-0.05, 0) is 46.9 Å². The van der Waals surface area contributed by atoms with Crippen molar-refractivity contribution in [2.24, 2.45) is 0 Å². The summed E-state index contributed by atoms with van der Waals surface area (Å²) in [5.41, 5.74) is 5.03. The van der Waals surface area contributed by atoms with Gasteiger partial charge in [0.1, 0.15) is 0 Å². The molecule has 0 unspecified atom stereocenters. The molecule has 0 fully saturated rings. The van der Waals surface area contributed by atoms with Gasteiger partial charge in [-0.3, -0.25) is 4.79 Å². The number of hydrogen-bond acceptors (Lipinski definition) is 1. The minimum atomic E-state index is -0.0215. The maximum Gasteiger partial charge on any atom is 0.251 e. The van der Waals surface area contributed by atoms with Crippen molar-refractivity contribution in [2.75, 3.05) is 6.54 Å². The standard InChI is InChI=1S/C22H21NO/c1-2-13-23-22(24)21-15-19(17-9-5-3-6-10-17)14-20(16-21)18-11-7-4-8-12-18/h3-12,14-16H,2,13H2,1H3,(H,23,24). The topological polar surface area (TPSA) is 29.1 Å². The summed E-state index contributed by atoms with van der Waals surface area (Å²) in [4.78, 5) is 12.5. The number of carbonyl (C=O) groups is 1. The molecule has 0 aliphatic carbocycles. The van der Waals surface area contributed by atoms with Crippen LogP contribution in [0.1, 0.15) is 23.7 Å². The van der Waals surface area contributed by atoms with E-state index in [-0.39, 0.29) is 5.91 Å². The molecule has 120 valence electrons. The van der Waals surface area contributed by atoms with E-state index in [9.17, 15) is 4.79 Å². The third-order valence-electron chi connectivity index (χ3n) is 3.95. The molecule has 0 atom stereocenters. The fourth-order valence-corrected chi connectivity index (χ4v) is 2.69. The fourth-order valence-electron chi connectivity index (χ4n) is 2.69. The lowest BCUT2D eigenvalue weighted by Gasteiger charge is -2.11. The minimum absolute atomic E-state index is 0.0215. The molecule has 2 heteroatoms. The zero-order chi connectivity index (χ0) is 16.8. The van der Waals surface area contributed by atoms with Crippen LogP contribution in [0.15, 0.2) is 78.9 Å². The van der Waals surface area contributed by atoms with E-state index in [0.29, 0.717) is 12.1 Å². The number of rotatable bonds is 5. The van der Waals surface area contributed by atoms with Gasteiger partial charge in [-0.25, -0.2) is 0 Å². The molecule has 0 radical (unpaired) electrons. The van der Waals surface area contributed by atoms with Gasteiger partial charge in [0.15, 0.2) is 0 Å². The molecule has 1 N–H and O–H groups in total. The molecule has 0 heterocycles. The second kappa shape index (κ2) is 7.60. The Labute approximate surface area is 143 Å². The monoisotopic (exact) mass is 315 g/mol. The van der Waals surface area contributed by atoms with Crippen LogP contribution < -0.4 is 5.32 Å². The summed E-state index contributed by atoms with van der Waals surface area (Å²) in [6, 6.07) is 26.4. The summed E-state index contributed by atoms with van der Waals surface area (Å²) in [6.45, 7) is 2.74. The van der Waals surface area contributed by atoms with Gasteiger partial charge in [0.2, 0.25) is 0 Å². The number of benzene rings is 3. The van der Waals surface area contributed by atoms with Gasteiger partial charge < -0.3 is 5.32 Å². The zero-order valence-corrected chi connectivity index (χ0v) is 13.8. The van der Waals surface area contributed by atoms with Crippen LogP contribution in [0.3, 0.4) is 0 Å². The molecule has 3 aromatic carbocycles. The van der Waals surface area contributed by atoms with Crippen LogP contribution in [-0.2, 0) is 0 Å². The van der Waals surface area contributed by atoms with Crippen LogP contribution in [0.5, 0.6) is 0 Å². The van der Waals surface area contributed by atoms with Gasteiger partial charge >= 0.3 is 0 Å². The first-order valence-electron chi connectivity index (χ1n) is 8.32. The van der Waals surface area contributed by atoms with Gasteiger partial charge in [0.05, 0.1) is 0 Å². The molecule has 0 aliphatic heterocycles. The van der Waals surface area contributed by atoms with E-state index in [2.05, 4.69) is 42.6 Å². The highest BCUT2D eigenvalue weighted by Crippen LogP contribution is 2.28. The van der Waals surface area contributed by atoms with Crippen molar-refractivity contribution in [3.05, 3.63) is 84.4 Å². The van der Waals surface area contributed by atoms with Crippen LogP contribution in [0.25, 0.3) is 22.3 Å². The van der Waals surface area contributed by atoms with Crippen molar-refractivity contribution in [3.8, 4) is 22.3 Å². The summed E-state index contributed by atoms with van der Waals surface area (Å²) >= 11 is 0. The van der Waals surface area contributed by atoms with Gasteiger partial charge in [-0.2, -0.15) is 0 Å². The Balaban J connectivity index is 2.07. The Hall–Kier alpha value is -2.87. The van der Waals surface area contributed by atoms with E-state index in [1.165, 1.54) is 0 Å². The minimum Gasteiger partial charge on any atom is -0.352 e. The molecule has 1 amide bonds. The van der Waals surface area contributed by atoms with E-state index in [4.69, 9.17) is 0 Å². The van der Waals surface area contributed by atoms with E-state index in [1.807, 2.05) is 48.5 Å². The Morgan fingerprint density at radius 1 is 0.750 bits per heavy atom. The largest absolute Gasteiger partial charge is 0.352 e. The quantitative estimate of drug-likeness (QED) is 0.692. The van der Waals surface area contributed by atoms with Crippen LogP contribution in [0.2, 0.25) is 0 Å². The second-order valence-electron chi connectivity index (χ2n) is 5.79. The fraction of sp³-hybridized carbons (Fsp3) is 0.136. The molecule has 24 heavy (non-hydrogen) atoms. The summed E-state index contributed by atoms with van der Waals surface area (Å²) in [5.74, 6) is -0.0215. The van der Waals surface area contributed by atoms with Crippen molar-refractivity contribution < 1.29 is 4.79 Å². The van der Waals surface area contributed by atoms with Crippen molar-refractivity contribution >= 4 is 5.91 Å². The smallest absolute Gasteiger partial charge is 0.251 e. The predicted octanol–water partition coefficient (Wildman–Crippen LogP) is 5.16. The number of amides is 1. The van der Waals surface area contributed by atoms with Crippen molar-refractivity contribution in [3.63, 3.8) is 0 Å². The van der Waals surface area contributed by atoms with Crippen LogP contribution in [0.4, 0.5) is 0 Å². The van der Waals surface area contributed by atoms with Gasteiger partial charge in [-0.15, -0.1) is 0 Å². The molecule has 0 saturated carbocycles. The lowest BCUT2D eigenvalue weighted by Crippen LogP contribution is -2.24. The maximum absolute atomic E-state index is 12.5. The third-order valence-corrected chi connectivity index (χ3v) is 3.95. The summed E-state index contributed by atoms with van der Waals surface area (Å²) in [5, 5.41) is 2.97. The Kier molecular flexibility index (Phi) is 5.07. The molecule has 0 spiro atoms. The number of nitrogens with one attached hydrogen (secondary N) is 1. The molecule has 0 bridgehead atoms. The number of carbonyl (C=O) groups excluding carboxylic acids is 1. The highest BCUT2D eigenvalue weighted by molar-refractivity contribution is 5.97. The van der Waals surface area contributed by atoms with E-state index in [1.54, 1.807) is 0 Å². The first-order valence-corrected chi connectivity index (χ1v) is 8.32. The lowest BCUT2D eigenvalue weighted by molar-refractivity contribution is 0.0953. The average molecular weight is 315 g/mol. The molecule has 2 nitrogen and oxygen atoms in total. The molecular formula is C22H21NO. The first kappa shape index (κ1) is 16.0. The normalized spacial score (nSPS) is 10.4. The van der Waals surface area contributed by atoms with Gasteiger partial charge in [0, 0.05) is 12.1 Å². The van der Waals surface area contributed by atoms with Gasteiger partial charge in [-0.1, -0.05) is 67.6 Å². The van der Waals surface area contributed by atoms with Crippen LogP contribution in [-0.4, -0.2) is 12.5 Å². The first-order chi connectivity index (χ1) is 11.8. The number of hydrogen-bond donors (Lipinski definition) is 1. The predicted molar refractivity (Wildman–Crippen MR) is 99.9 cm³/mol. The highest BCUT2D eigenvalue weighted by Gasteiger charge is 2.10. The molecule has 0 saturated heterocycles. The SMILES string of the molecule is CCCNC(=O)c1cc(-c2ccccc2)cc(-c2ccccc2)c1. The van der Waals surface area contributed by atoms with E-state index >= 15 is 0 Å². The Bertz CT molecular complexity index is 752. The van der Waals surface area contributed by atoms with Gasteiger partial charge in [0.25, 0.3) is 5.91 Å². The van der Waals surface area contributed by atoms with Crippen molar-refractivity contribution in [1.29, 1.82) is 0 Å². The molecule has 3 aromatic rings. The average Bonchev–Trinajstić information content (AvgIpc) is 2.67. The third kappa shape index (κ3) is 3.72. The van der Waals surface area contributed by atoms with Crippen LogP contribution in [0, 0.1) is 0 Å². The summed E-state index contributed by atoms with van der Waals surface area (Å²) in [7, 11) is 0. The maximum atomic E-state index is 12.5. The molecule has 0 aromatic heterocycles. The summed E-state index contributed by atoms with van der Waals surface area (Å²) in [6.07, 6.45) is 0.926. The molecular weight excluding hydrogens is 294 g/mol. The molecule has 3 rings (SSSR count). The highest BCUT2D eigenvalue weighted by atomic mass is 16.1. The van der Waals surface area contributed by atoms with Crippen molar-refractivity contribution in [1.82, 2.24) is 5.32 Å². The second-order valence-corrected chi connectivity index (χ2v) is 5.79.